The van der Waals surface area contributed by atoms with Gasteiger partial charge in [-0.2, -0.15) is 0 Å². The molecule has 38 heavy (non-hydrogen) atoms. The molecule has 2 fully saturated rings. The Morgan fingerprint density at radius 1 is 0.816 bits per heavy atom. The van der Waals surface area contributed by atoms with E-state index < -0.39 is 37.3 Å². The molecule has 4 rings (SSSR count). The van der Waals surface area contributed by atoms with E-state index in [0.717, 1.165) is 11.1 Å². The van der Waals surface area contributed by atoms with Crippen molar-refractivity contribution in [3.05, 3.63) is 47.5 Å². The fourth-order valence-corrected chi connectivity index (χ4v) is 4.85. The molecule has 0 spiro atoms. The molecule has 0 aromatic heterocycles. The highest BCUT2D eigenvalue weighted by atomic mass is 16.7. The maximum absolute atomic E-state index is 12.6. The molecule has 2 heterocycles. The first-order chi connectivity index (χ1) is 18.3. The minimum atomic E-state index is -1.56. The number of methoxy groups -OCH3 is 3. The Hall–Kier alpha value is -3.09. The summed E-state index contributed by atoms with van der Waals surface area (Å²) in [7, 11) is 4.59. The van der Waals surface area contributed by atoms with Gasteiger partial charge in [0, 0.05) is 5.92 Å². The van der Waals surface area contributed by atoms with Gasteiger partial charge in [0.05, 0.1) is 40.5 Å². The quantitative estimate of drug-likeness (QED) is 0.315. The molecule has 2 aromatic carbocycles. The number of carbonyl (C=O) groups excluding carboxylic acids is 1. The third kappa shape index (κ3) is 5.82. The number of cyclic esters (lactones) is 1. The fourth-order valence-electron chi connectivity index (χ4n) is 4.85. The normalized spacial score (nSPS) is 29.0. The molecule has 0 aliphatic carbocycles. The molecule has 0 unspecified atom stereocenters. The number of hydrogen-bond donors (Lipinski definition) is 4. The van der Waals surface area contributed by atoms with E-state index in [9.17, 15) is 25.2 Å². The largest absolute Gasteiger partial charge is 0.493 e. The minimum Gasteiger partial charge on any atom is -0.493 e. The van der Waals surface area contributed by atoms with Crippen molar-refractivity contribution in [2.75, 3.05) is 34.5 Å². The van der Waals surface area contributed by atoms with Gasteiger partial charge >= 0.3 is 5.97 Å². The first kappa shape index (κ1) is 27.9. The first-order valence-electron chi connectivity index (χ1n) is 12.3. The summed E-state index contributed by atoms with van der Waals surface area (Å²) in [6.07, 6.45) is -5.99. The molecule has 0 bridgehead atoms. The van der Waals surface area contributed by atoms with Gasteiger partial charge in [0.1, 0.15) is 24.4 Å². The molecular weight excluding hydrogens is 500 g/mol. The Labute approximate surface area is 220 Å². The van der Waals surface area contributed by atoms with Crippen molar-refractivity contribution < 1.29 is 53.6 Å². The Morgan fingerprint density at radius 3 is 2.05 bits per heavy atom. The van der Waals surface area contributed by atoms with E-state index in [1.165, 1.54) is 7.11 Å². The second-order valence-corrected chi connectivity index (χ2v) is 9.39. The molecule has 11 nitrogen and oxygen atoms in total. The number of rotatable bonds is 10. The molecule has 2 aromatic rings. The smallest absolute Gasteiger partial charge is 0.309 e. The van der Waals surface area contributed by atoms with Crippen molar-refractivity contribution in [1.29, 1.82) is 0 Å². The van der Waals surface area contributed by atoms with Crippen molar-refractivity contribution in [2.24, 2.45) is 11.8 Å². The number of benzene rings is 2. The summed E-state index contributed by atoms with van der Waals surface area (Å²) in [6, 6.07) is 10.8. The van der Waals surface area contributed by atoms with E-state index in [2.05, 4.69) is 0 Å². The van der Waals surface area contributed by atoms with Gasteiger partial charge in [-0.1, -0.05) is 12.1 Å². The summed E-state index contributed by atoms with van der Waals surface area (Å²) in [5.41, 5.74) is 1.81. The van der Waals surface area contributed by atoms with E-state index in [1.54, 1.807) is 32.4 Å². The summed E-state index contributed by atoms with van der Waals surface area (Å²) in [5.74, 6) is 1.12. The molecule has 7 atom stereocenters. The van der Waals surface area contributed by atoms with Crippen LogP contribution in [0, 0.1) is 11.8 Å². The molecule has 0 radical (unpaired) electrons. The predicted molar refractivity (Wildman–Crippen MR) is 132 cm³/mol. The maximum Gasteiger partial charge on any atom is 0.309 e. The third-order valence-corrected chi connectivity index (χ3v) is 7.03. The fraction of sp³-hybridized carbons (Fsp3) is 0.519. The summed E-state index contributed by atoms with van der Waals surface area (Å²) in [5, 5.41) is 39.7. The van der Waals surface area contributed by atoms with Crippen LogP contribution in [0.25, 0.3) is 0 Å². The van der Waals surface area contributed by atoms with E-state index in [4.69, 9.17) is 28.4 Å². The van der Waals surface area contributed by atoms with Crippen molar-refractivity contribution >= 4 is 5.97 Å². The summed E-state index contributed by atoms with van der Waals surface area (Å²) in [6.45, 7) is -0.268. The summed E-state index contributed by atoms with van der Waals surface area (Å²) in [4.78, 5) is 12.6. The molecule has 2 aliphatic heterocycles. The van der Waals surface area contributed by atoms with E-state index in [0.29, 0.717) is 36.7 Å². The Bertz CT molecular complexity index is 1100. The van der Waals surface area contributed by atoms with Gasteiger partial charge in [0.15, 0.2) is 23.0 Å². The zero-order chi connectivity index (χ0) is 27.4. The number of ether oxygens (including phenoxy) is 6. The van der Waals surface area contributed by atoms with Gasteiger partial charge in [0.2, 0.25) is 6.29 Å². The lowest BCUT2D eigenvalue weighted by Gasteiger charge is -2.39. The third-order valence-electron chi connectivity index (χ3n) is 7.03. The van der Waals surface area contributed by atoms with Crippen molar-refractivity contribution in [3.8, 4) is 23.0 Å². The summed E-state index contributed by atoms with van der Waals surface area (Å²) >= 11 is 0. The Morgan fingerprint density at radius 2 is 1.42 bits per heavy atom. The van der Waals surface area contributed by atoms with Gasteiger partial charge in [-0.25, -0.2) is 0 Å². The van der Waals surface area contributed by atoms with Gasteiger partial charge in [-0.05, 0) is 48.2 Å². The number of hydrogen-bond acceptors (Lipinski definition) is 11. The van der Waals surface area contributed by atoms with Crippen molar-refractivity contribution in [1.82, 2.24) is 0 Å². The molecule has 2 aliphatic rings. The van der Waals surface area contributed by atoms with Crippen LogP contribution in [-0.2, 0) is 27.1 Å². The van der Waals surface area contributed by atoms with Crippen LogP contribution in [-0.4, -0.2) is 91.6 Å². The molecule has 4 N–H and O–H groups in total. The zero-order valence-corrected chi connectivity index (χ0v) is 21.5. The zero-order valence-electron chi connectivity index (χ0n) is 21.5. The van der Waals surface area contributed by atoms with Crippen LogP contribution in [0.5, 0.6) is 23.0 Å². The monoisotopic (exact) mass is 534 g/mol. The van der Waals surface area contributed by atoms with Gasteiger partial charge < -0.3 is 48.8 Å². The number of esters is 1. The SMILES string of the molecule is COc1ccc(C[C@H]2C(=O)OC[C@@H]2Cc2ccc(O[C@H]3O[C@@H](CO)[C@H](O)[C@@H](O)[C@@H]3O)c(OC)c2)cc1OC. The average Bonchev–Trinajstić information content (AvgIpc) is 3.27. The van der Waals surface area contributed by atoms with E-state index >= 15 is 0 Å². The van der Waals surface area contributed by atoms with Crippen LogP contribution in [0.15, 0.2) is 36.4 Å². The van der Waals surface area contributed by atoms with Crippen molar-refractivity contribution in [3.63, 3.8) is 0 Å². The van der Waals surface area contributed by atoms with Crippen LogP contribution in [0.3, 0.4) is 0 Å². The first-order valence-corrected chi connectivity index (χ1v) is 12.3. The van der Waals surface area contributed by atoms with Gasteiger partial charge in [-0.3, -0.25) is 4.79 Å². The highest BCUT2D eigenvalue weighted by Gasteiger charge is 2.45. The van der Waals surface area contributed by atoms with Crippen LogP contribution < -0.4 is 18.9 Å². The maximum atomic E-state index is 12.6. The minimum absolute atomic E-state index is 0.0717. The van der Waals surface area contributed by atoms with Crippen molar-refractivity contribution in [2.45, 2.75) is 43.5 Å². The standard InChI is InChI=1S/C27H34O11/c1-33-18-6-4-15(11-20(18)34-2)9-17-16(13-36-26(17)32)8-14-5-7-19(21(10-14)35-3)37-27-25(31)24(30)23(29)22(12-28)38-27/h4-7,10-11,16-17,22-25,27-31H,8-9,12-13H2,1-3H3/t16-,17+,22-,23-,24+,25-,27-/m0/s1. The Kier molecular flexibility index (Phi) is 8.95. The van der Waals surface area contributed by atoms with Crippen LogP contribution in [0.2, 0.25) is 0 Å². The molecule has 0 amide bonds. The summed E-state index contributed by atoms with van der Waals surface area (Å²) < 4.78 is 32.7. The highest BCUT2D eigenvalue weighted by Crippen LogP contribution is 2.36. The van der Waals surface area contributed by atoms with Crippen LogP contribution in [0.1, 0.15) is 11.1 Å². The molecule has 11 heteroatoms. The topological polar surface area (TPSA) is 153 Å². The van der Waals surface area contributed by atoms with Crippen LogP contribution in [0.4, 0.5) is 0 Å². The molecule has 0 saturated carbocycles. The van der Waals surface area contributed by atoms with E-state index in [-0.39, 0.29) is 23.6 Å². The predicted octanol–water partition coefficient (Wildman–Crippen LogP) is 0.466. The van der Waals surface area contributed by atoms with Gasteiger partial charge in [-0.15, -0.1) is 0 Å². The lowest BCUT2D eigenvalue weighted by molar-refractivity contribution is -0.277. The molecule has 208 valence electrons. The lowest BCUT2D eigenvalue weighted by Crippen LogP contribution is -2.60. The second kappa shape index (κ2) is 12.2. The number of carbonyl (C=O) groups is 1. The molecule has 2 saturated heterocycles. The van der Waals surface area contributed by atoms with E-state index in [1.807, 2.05) is 18.2 Å². The Balaban J connectivity index is 1.47. The lowest BCUT2D eigenvalue weighted by atomic mass is 9.85. The highest BCUT2D eigenvalue weighted by molar-refractivity contribution is 5.75. The number of aliphatic hydroxyl groups excluding tert-OH is 4. The van der Waals surface area contributed by atoms with Gasteiger partial charge in [0.25, 0.3) is 0 Å². The number of aliphatic hydroxyl groups is 4. The molecular formula is C27H34O11. The average molecular weight is 535 g/mol. The second-order valence-electron chi connectivity index (χ2n) is 9.39. The van der Waals surface area contributed by atoms with Crippen LogP contribution >= 0.6 is 0 Å².